The zero-order valence-electron chi connectivity index (χ0n) is 10.2. The van der Waals surface area contributed by atoms with Gasteiger partial charge in [-0.15, -0.1) is 0 Å². The van der Waals surface area contributed by atoms with Crippen molar-refractivity contribution < 1.29 is 34.1 Å². The Labute approximate surface area is 108 Å². The van der Waals surface area contributed by atoms with Crippen LogP contribution in [0.4, 0.5) is 9.59 Å². The molecular weight excluding hydrogens is 260 g/mol. The second-order valence-corrected chi connectivity index (χ2v) is 3.93. The summed E-state index contributed by atoms with van der Waals surface area (Å²) in [5.74, 6) is -3.46. The molecule has 0 aromatic rings. The molecule has 19 heavy (non-hydrogen) atoms. The summed E-state index contributed by atoms with van der Waals surface area (Å²) in [5.41, 5.74) is 0. The molecule has 9 nitrogen and oxygen atoms in total. The van der Waals surface area contributed by atoms with Crippen molar-refractivity contribution in [3.63, 3.8) is 0 Å². The van der Waals surface area contributed by atoms with Crippen molar-refractivity contribution in [2.45, 2.75) is 19.4 Å². The number of imide groups is 1. The second-order valence-electron chi connectivity index (χ2n) is 3.93. The average molecular weight is 274 g/mol. The number of carbonyl (C=O) groups is 4. The third-order valence-electron chi connectivity index (χ3n) is 2.68. The Morgan fingerprint density at radius 3 is 2.37 bits per heavy atom. The highest BCUT2D eigenvalue weighted by Crippen LogP contribution is 2.23. The van der Waals surface area contributed by atoms with Crippen molar-refractivity contribution >= 4 is 24.1 Å². The van der Waals surface area contributed by atoms with Crippen LogP contribution in [-0.4, -0.2) is 58.4 Å². The maximum absolute atomic E-state index is 11.7. The molecule has 3 amide bonds. The summed E-state index contributed by atoms with van der Waals surface area (Å²) in [4.78, 5) is 45.3. The second kappa shape index (κ2) is 6.03. The predicted molar refractivity (Wildman–Crippen MR) is 59.4 cm³/mol. The van der Waals surface area contributed by atoms with Gasteiger partial charge in [0.05, 0.1) is 12.5 Å². The molecule has 2 atom stereocenters. The minimum atomic E-state index is -1.32. The fraction of sp³-hybridized carbons (Fsp3) is 0.600. The fourth-order valence-electron chi connectivity index (χ4n) is 1.80. The molecule has 106 valence electrons. The normalized spacial score (nSPS) is 21.8. The largest absolute Gasteiger partial charge is 0.481 e. The molecule has 9 heteroatoms. The molecule has 0 aromatic carbocycles. The van der Waals surface area contributed by atoms with Crippen LogP contribution < -0.4 is 5.32 Å². The van der Waals surface area contributed by atoms with Crippen LogP contribution in [0.1, 0.15) is 13.3 Å². The zero-order chi connectivity index (χ0) is 14.6. The molecule has 1 saturated heterocycles. The van der Waals surface area contributed by atoms with Gasteiger partial charge in [0.25, 0.3) is 0 Å². The number of aliphatic carboxylic acids is 2. The van der Waals surface area contributed by atoms with E-state index in [9.17, 15) is 19.2 Å². The third-order valence-corrected chi connectivity index (χ3v) is 2.68. The van der Waals surface area contributed by atoms with E-state index >= 15 is 0 Å². The Morgan fingerprint density at radius 2 is 1.89 bits per heavy atom. The number of nitrogens with one attached hydrogen (secondary N) is 1. The van der Waals surface area contributed by atoms with Gasteiger partial charge in [0.1, 0.15) is 6.04 Å². The molecular formula is C10H14N2O7. The Hall–Kier alpha value is -2.32. The minimum absolute atomic E-state index is 0.0548. The number of ether oxygens (including phenoxy) is 1. The van der Waals surface area contributed by atoms with Gasteiger partial charge in [-0.2, -0.15) is 0 Å². The highest BCUT2D eigenvalue weighted by Gasteiger charge is 2.43. The Bertz CT molecular complexity index is 409. The lowest BCUT2D eigenvalue weighted by atomic mass is 10.1. The van der Waals surface area contributed by atoms with Crippen LogP contribution in [0.15, 0.2) is 0 Å². The summed E-state index contributed by atoms with van der Waals surface area (Å²) in [5, 5.41) is 19.6. The summed E-state index contributed by atoms with van der Waals surface area (Å²) >= 11 is 0. The number of urea groups is 1. The number of carbonyl (C=O) groups excluding carboxylic acids is 2. The van der Waals surface area contributed by atoms with E-state index in [0.717, 1.165) is 4.90 Å². The van der Waals surface area contributed by atoms with Gasteiger partial charge in [0, 0.05) is 6.54 Å². The van der Waals surface area contributed by atoms with Crippen molar-refractivity contribution in [2.24, 2.45) is 5.92 Å². The van der Waals surface area contributed by atoms with E-state index in [1.165, 1.54) is 0 Å². The van der Waals surface area contributed by atoms with Crippen LogP contribution in [0.5, 0.6) is 0 Å². The molecule has 1 rings (SSSR count). The molecule has 0 spiro atoms. The van der Waals surface area contributed by atoms with Crippen LogP contribution in [-0.2, 0) is 14.3 Å². The first kappa shape index (κ1) is 14.7. The van der Waals surface area contributed by atoms with Crippen molar-refractivity contribution in [3.8, 4) is 0 Å². The molecule has 0 saturated carbocycles. The monoisotopic (exact) mass is 274 g/mol. The standard InChI is InChI=1S/C10H14N2O7/c1-2-19-10(18)11-9(17)12-4-5(7(13)14)3-6(12)8(15)16/h5-6H,2-4H2,1H3,(H,13,14)(H,15,16)(H,11,17,18). The molecule has 0 radical (unpaired) electrons. The van der Waals surface area contributed by atoms with Gasteiger partial charge < -0.3 is 19.8 Å². The van der Waals surface area contributed by atoms with E-state index < -0.39 is 36.0 Å². The zero-order valence-corrected chi connectivity index (χ0v) is 10.2. The Kier molecular flexibility index (Phi) is 4.67. The minimum Gasteiger partial charge on any atom is -0.481 e. The maximum Gasteiger partial charge on any atom is 0.415 e. The highest BCUT2D eigenvalue weighted by molar-refractivity contribution is 5.93. The predicted octanol–water partition coefficient (Wildman–Crippen LogP) is -0.288. The van der Waals surface area contributed by atoms with Gasteiger partial charge in [-0.05, 0) is 13.3 Å². The van der Waals surface area contributed by atoms with Crippen molar-refractivity contribution in [1.82, 2.24) is 10.2 Å². The SMILES string of the molecule is CCOC(=O)NC(=O)N1CC(C(=O)O)CC1C(=O)O. The Morgan fingerprint density at radius 1 is 1.26 bits per heavy atom. The number of rotatable bonds is 3. The van der Waals surface area contributed by atoms with Gasteiger partial charge in [-0.3, -0.25) is 4.79 Å². The highest BCUT2D eigenvalue weighted by atomic mass is 16.5. The first-order valence-electron chi connectivity index (χ1n) is 5.56. The number of nitrogens with zero attached hydrogens (tertiary/aromatic N) is 1. The number of alkyl carbamates (subject to hydrolysis) is 1. The van der Waals surface area contributed by atoms with Gasteiger partial charge in [0.2, 0.25) is 0 Å². The molecule has 1 aliphatic rings. The van der Waals surface area contributed by atoms with E-state index in [2.05, 4.69) is 4.74 Å². The summed E-state index contributed by atoms with van der Waals surface area (Å²) < 4.78 is 4.48. The van der Waals surface area contributed by atoms with Crippen LogP contribution in [0, 0.1) is 5.92 Å². The van der Waals surface area contributed by atoms with Crippen molar-refractivity contribution in [1.29, 1.82) is 0 Å². The lowest BCUT2D eigenvalue weighted by molar-refractivity contribution is -0.141. The first-order valence-corrected chi connectivity index (χ1v) is 5.56. The molecule has 1 heterocycles. The van der Waals surface area contributed by atoms with Crippen LogP contribution in [0.25, 0.3) is 0 Å². The van der Waals surface area contributed by atoms with E-state index in [-0.39, 0.29) is 19.6 Å². The average Bonchev–Trinajstić information content (AvgIpc) is 2.73. The summed E-state index contributed by atoms with van der Waals surface area (Å²) in [6, 6.07) is -2.25. The van der Waals surface area contributed by atoms with Crippen molar-refractivity contribution in [3.05, 3.63) is 0 Å². The van der Waals surface area contributed by atoms with Gasteiger partial charge in [-0.1, -0.05) is 0 Å². The summed E-state index contributed by atoms with van der Waals surface area (Å²) in [7, 11) is 0. The topological polar surface area (TPSA) is 133 Å². The number of carboxylic acid groups (broad SMARTS) is 2. The molecule has 1 aliphatic heterocycles. The van der Waals surface area contributed by atoms with Gasteiger partial charge in [0.15, 0.2) is 0 Å². The van der Waals surface area contributed by atoms with Gasteiger partial charge in [-0.25, -0.2) is 19.7 Å². The quantitative estimate of drug-likeness (QED) is 0.644. The number of hydrogen-bond acceptors (Lipinski definition) is 5. The number of hydrogen-bond donors (Lipinski definition) is 3. The van der Waals surface area contributed by atoms with E-state index in [1.54, 1.807) is 6.92 Å². The molecule has 0 aliphatic carbocycles. The van der Waals surface area contributed by atoms with Crippen LogP contribution in [0.2, 0.25) is 0 Å². The van der Waals surface area contributed by atoms with E-state index in [0.29, 0.717) is 0 Å². The fourth-order valence-corrected chi connectivity index (χ4v) is 1.80. The molecule has 2 unspecified atom stereocenters. The molecule has 0 aromatic heterocycles. The summed E-state index contributed by atoms with van der Waals surface area (Å²) in [6.07, 6.45) is -1.20. The van der Waals surface area contributed by atoms with Gasteiger partial charge >= 0.3 is 24.1 Å². The smallest absolute Gasteiger partial charge is 0.415 e. The molecule has 1 fully saturated rings. The first-order chi connectivity index (χ1) is 8.86. The maximum atomic E-state index is 11.7. The Balaban J connectivity index is 2.73. The number of amides is 3. The van der Waals surface area contributed by atoms with E-state index in [4.69, 9.17) is 10.2 Å². The van der Waals surface area contributed by atoms with E-state index in [1.807, 2.05) is 5.32 Å². The lowest BCUT2D eigenvalue weighted by Crippen LogP contribution is -2.48. The number of carboxylic acids is 2. The number of likely N-dealkylation sites (tertiary alicyclic amines) is 1. The summed E-state index contributed by atoms with van der Waals surface area (Å²) in [6.45, 7) is 1.33. The third kappa shape index (κ3) is 3.57. The van der Waals surface area contributed by atoms with Crippen molar-refractivity contribution in [2.75, 3.05) is 13.2 Å². The van der Waals surface area contributed by atoms with Crippen LogP contribution in [0.3, 0.4) is 0 Å². The lowest BCUT2D eigenvalue weighted by Gasteiger charge is -2.20. The molecule has 3 N–H and O–H groups in total. The van der Waals surface area contributed by atoms with Crippen LogP contribution >= 0.6 is 0 Å². The molecule has 0 bridgehead atoms.